The second-order valence-corrected chi connectivity index (χ2v) is 4.10. The van der Waals surface area contributed by atoms with Gasteiger partial charge in [0.2, 0.25) is 0 Å². The summed E-state index contributed by atoms with van der Waals surface area (Å²) in [5, 5.41) is 9.65. The average Bonchev–Trinajstić information content (AvgIpc) is 2.28. The minimum absolute atomic E-state index is 0.167. The summed E-state index contributed by atoms with van der Waals surface area (Å²) in [4.78, 5) is 0. The summed E-state index contributed by atoms with van der Waals surface area (Å²) in [5.74, 6) is -0.312. The van der Waals surface area contributed by atoms with Gasteiger partial charge in [0.15, 0.2) is 5.79 Å². The first kappa shape index (κ1) is 9.96. The van der Waals surface area contributed by atoms with Crippen molar-refractivity contribution in [3.8, 4) is 0 Å². The zero-order chi connectivity index (χ0) is 9.35. The molecule has 0 saturated carbocycles. The van der Waals surface area contributed by atoms with Crippen LogP contribution in [0.5, 0.6) is 0 Å². The lowest BCUT2D eigenvalue weighted by Gasteiger charge is -2.22. The number of rotatable bonds is 2. The van der Waals surface area contributed by atoms with Crippen LogP contribution in [0.1, 0.15) is 27.7 Å². The largest absolute Gasteiger partial charge is 0.390 e. The molecule has 1 N–H and O–H groups in total. The van der Waals surface area contributed by atoms with E-state index in [1.807, 2.05) is 27.7 Å². The molecule has 0 aromatic heterocycles. The SMILES string of the molecule is CC(C)[C@H](O)[C@H]1COC(C)(C)O1. The van der Waals surface area contributed by atoms with Crippen molar-refractivity contribution in [1.82, 2.24) is 0 Å². The summed E-state index contributed by atoms with van der Waals surface area (Å²) in [6.07, 6.45) is -0.591. The van der Waals surface area contributed by atoms with Crippen molar-refractivity contribution in [2.45, 2.75) is 45.7 Å². The molecular formula is C9H18O3. The molecule has 0 bridgehead atoms. The summed E-state index contributed by atoms with van der Waals surface area (Å²) in [6.45, 7) is 8.16. The van der Waals surface area contributed by atoms with Gasteiger partial charge in [0.05, 0.1) is 12.7 Å². The van der Waals surface area contributed by atoms with Gasteiger partial charge in [0, 0.05) is 0 Å². The minimum atomic E-state index is -0.527. The molecule has 0 amide bonds. The normalized spacial score (nSPS) is 31.0. The highest BCUT2D eigenvalue weighted by Crippen LogP contribution is 2.26. The summed E-state index contributed by atoms with van der Waals surface area (Å²) < 4.78 is 10.8. The van der Waals surface area contributed by atoms with Crippen molar-refractivity contribution in [2.75, 3.05) is 6.61 Å². The lowest BCUT2D eigenvalue weighted by molar-refractivity contribution is -0.154. The van der Waals surface area contributed by atoms with Crippen molar-refractivity contribution >= 4 is 0 Å². The summed E-state index contributed by atoms with van der Waals surface area (Å²) in [5.41, 5.74) is 0. The van der Waals surface area contributed by atoms with E-state index in [0.29, 0.717) is 6.61 Å². The highest BCUT2D eigenvalue weighted by molar-refractivity contribution is 4.79. The van der Waals surface area contributed by atoms with E-state index >= 15 is 0 Å². The molecule has 3 nitrogen and oxygen atoms in total. The van der Waals surface area contributed by atoms with Crippen molar-refractivity contribution < 1.29 is 14.6 Å². The van der Waals surface area contributed by atoms with Gasteiger partial charge < -0.3 is 14.6 Å². The maximum Gasteiger partial charge on any atom is 0.163 e. The monoisotopic (exact) mass is 174 g/mol. The van der Waals surface area contributed by atoms with Crippen LogP contribution in [-0.4, -0.2) is 29.7 Å². The maximum atomic E-state index is 9.65. The van der Waals surface area contributed by atoms with Gasteiger partial charge >= 0.3 is 0 Å². The van der Waals surface area contributed by atoms with E-state index in [2.05, 4.69) is 0 Å². The van der Waals surface area contributed by atoms with Gasteiger partial charge in [0.25, 0.3) is 0 Å². The number of hydrogen-bond donors (Lipinski definition) is 1. The van der Waals surface area contributed by atoms with E-state index < -0.39 is 11.9 Å². The molecule has 0 aromatic rings. The Bertz CT molecular complexity index is 154. The van der Waals surface area contributed by atoms with Crippen LogP contribution in [0.4, 0.5) is 0 Å². The molecular weight excluding hydrogens is 156 g/mol. The molecule has 1 fully saturated rings. The first-order chi connectivity index (χ1) is 5.42. The third kappa shape index (κ3) is 2.19. The van der Waals surface area contributed by atoms with E-state index in [4.69, 9.17) is 9.47 Å². The first-order valence-electron chi connectivity index (χ1n) is 4.42. The quantitative estimate of drug-likeness (QED) is 0.682. The Morgan fingerprint density at radius 3 is 2.33 bits per heavy atom. The molecule has 2 atom stereocenters. The van der Waals surface area contributed by atoms with Crippen molar-refractivity contribution in [3.63, 3.8) is 0 Å². The van der Waals surface area contributed by atoms with E-state index in [1.54, 1.807) is 0 Å². The Hall–Kier alpha value is -0.120. The molecule has 0 aliphatic carbocycles. The standard InChI is InChI=1S/C9H18O3/c1-6(2)8(10)7-5-11-9(3,4)12-7/h6-8,10H,5H2,1-4H3/t7-,8+/m1/s1. The number of aliphatic hydroxyl groups is 1. The molecule has 0 aromatic carbocycles. The van der Waals surface area contributed by atoms with Crippen molar-refractivity contribution in [1.29, 1.82) is 0 Å². The summed E-state index contributed by atoms with van der Waals surface area (Å²) >= 11 is 0. The van der Waals surface area contributed by atoms with E-state index in [-0.39, 0.29) is 12.0 Å². The second-order valence-electron chi connectivity index (χ2n) is 4.10. The molecule has 1 aliphatic rings. The van der Waals surface area contributed by atoms with Crippen LogP contribution in [0.25, 0.3) is 0 Å². The number of aliphatic hydroxyl groups excluding tert-OH is 1. The zero-order valence-corrected chi connectivity index (χ0v) is 8.20. The number of ether oxygens (including phenoxy) is 2. The van der Waals surface area contributed by atoms with Gasteiger partial charge in [-0.1, -0.05) is 13.8 Å². The van der Waals surface area contributed by atoms with E-state index in [1.165, 1.54) is 0 Å². The van der Waals surface area contributed by atoms with Gasteiger partial charge in [-0.25, -0.2) is 0 Å². The molecule has 0 radical (unpaired) electrons. The summed E-state index contributed by atoms with van der Waals surface area (Å²) in [7, 11) is 0. The van der Waals surface area contributed by atoms with Crippen LogP contribution >= 0.6 is 0 Å². The highest BCUT2D eigenvalue weighted by atomic mass is 16.7. The Morgan fingerprint density at radius 1 is 1.42 bits per heavy atom. The van der Waals surface area contributed by atoms with Crippen LogP contribution < -0.4 is 0 Å². The van der Waals surface area contributed by atoms with E-state index in [9.17, 15) is 5.11 Å². The van der Waals surface area contributed by atoms with Gasteiger partial charge in [0.1, 0.15) is 6.10 Å². The topological polar surface area (TPSA) is 38.7 Å². The predicted octanol–water partition coefficient (Wildman–Crippen LogP) is 1.15. The molecule has 1 heterocycles. The Labute approximate surface area is 73.7 Å². The van der Waals surface area contributed by atoms with Crippen LogP contribution in [0.2, 0.25) is 0 Å². The van der Waals surface area contributed by atoms with Crippen molar-refractivity contribution in [3.05, 3.63) is 0 Å². The molecule has 0 unspecified atom stereocenters. The molecule has 0 spiro atoms. The molecule has 1 aliphatic heterocycles. The third-order valence-electron chi connectivity index (χ3n) is 2.09. The molecule has 72 valence electrons. The number of hydrogen-bond acceptors (Lipinski definition) is 3. The van der Waals surface area contributed by atoms with Crippen LogP contribution in [0.3, 0.4) is 0 Å². The average molecular weight is 174 g/mol. The van der Waals surface area contributed by atoms with Crippen LogP contribution in [-0.2, 0) is 9.47 Å². The fourth-order valence-electron chi connectivity index (χ4n) is 1.31. The van der Waals surface area contributed by atoms with E-state index in [0.717, 1.165) is 0 Å². The van der Waals surface area contributed by atoms with Crippen molar-refractivity contribution in [2.24, 2.45) is 5.92 Å². The highest BCUT2D eigenvalue weighted by Gasteiger charge is 2.37. The smallest absolute Gasteiger partial charge is 0.163 e. The molecule has 3 heteroatoms. The first-order valence-corrected chi connectivity index (χ1v) is 4.42. The van der Waals surface area contributed by atoms with Gasteiger partial charge in [-0.3, -0.25) is 0 Å². The summed E-state index contributed by atoms with van der Waals surface area (Å²) in [6, 6.07) is 0. The second kappa shape index (κ2) is 3.32. The fourth-order valence-corrected chi connectivity index (χ4v) is 1.31. The Morgan fingerprint density at radius 2 is 2.00 bits per heavy atom. The molecule has 1 rings (SSSR count). The predicted molar refractivity (Wildman–Crippen MR) is 45.7 cm³/mol. The van der Waals surface area contributed by atoms with Crippen LogP contribution in [0.15, 0.2) is 0 Å². The molecule has 1 saturated heterocycles. The lowest BCUT2D eigenvalue weighted by Crippen LogP contribution is -2.34. The van der Waals surface area contributed by atoms with Gasteiger partial charge in [-0.15, -0.1) is 0 Å². The molecule has 12 heavy (non-hydrogen) atoms. The van der Waals surface area contributed by atoms with Crippen LogP contribution in [0, 0.1) is 5.92 Å². The third-order valence-corrected chi connectivity index (χ3v) is 2.09. The maximum absolute atomic E-state index is 9.65. The Balaban J connectivity index is 2.47. The minimum Gasteiger partial charge on any atom is -0.390 e. The van der Waals surface area contributed by atoms with Gasteiger partial charge in [-0.05, 0) is 19.8 Å². The fraction of sp³-hybridized carbons (Fsp3) is 1.00. The zero-order valence-electron chi connectivity index (χ0n) is 8.20. The Kier molecular flexibility index (Phi) is 2.76. The van der Waals surface area contributed by atoms with Gasteiger partial charge in [-0.2, -0.15) is 0 Å². The lowest BCUT2D eigenvalue weighted by atomic mass is 10.0.